The molecule has 0 radical (unpaired) electrons. The molecule has 0 aromatic rings. The second kappa shape index (κ2) is 16.3. The van der Waals surface area contributed by atoms with Crippen LogP contribution in [0.2, 0.25) is 0 Å². The molecule has 0 aromatic heterocycles. The van der Waals surface area contributed by atoms with E-state index >= 15 is 0 Å². The first-order chi connectivity index (χ1) is 9.27. The Balaban J connectivity index is 2.93. The predicted molar refractivity (Wildman–Crippen MR) is 80.3 cm³/mol. The van der Waals surface area contributed by atoms with Crippen molar-refractivity contribution in [3.8, 4) is 0 Å². The quantitative estimate of drug-likeness (QED) is 0.385. The molecule has 0 aliphatic heterocycles. The Morgan fingerprint density at radius 2 is 1.26 bits per heavy atom. The fourth-order valence-electron chi connectivity index (χ4n) is 1.07. The van der Waals surface area contributed by atoms with Gasteiger partial charge in [-0.1, -0.05) is 11.8 Å². The largest absolute Gasteiger partial charge is 0.378 e. The van der Waals surface area contributed by atoms with Gasteiger partial charge in [-0.2, -0.15) is 12.6 Å². The Morgan fingerprint density at radius 3 is 1.68 bits per heavy atom. The van der Waals surface area contributed by atoms with Crippen LogP contribution in [0.25, 0.3) is 0 Å². The van der Waals surface area contributed by atoms with Gasteiger partial charge in [0, 0.05) is 18.4 Å². The van der Waals surface area contributed by atoms with Crippen LogP contribution < -0.4 is 0 Å². The minimum atomic E-state index is 0.121. The van der Waals surface area contributed by atoms with Gasteiger partial charge in [0.15, 0.2) is 5.12 Å². The lowest BCUT2D eigenvalue weighted by Crippen LogP contribution is -2.12. The van der Waals surface area contributed by atoms with E-state index in [-0.39, 0.29) is 5.12 Å². The van der Waals surface area contributed by atoms with Gasteiger partial charge in [-0.15, -0.1) is 0 Å². The molecule has 19 heavy (non-hydrogen) atoms. The minimum Gasteiger partial charge on any atom is -0.378 e. The maximum atomic E-state index is 10.6. The minimum absolute atomic E-state index is 0.121. The molecule has 0 rings (SSSR count). The van der Waals surface area contributed by atoms with Gasteiger partial charge in [0.2, 0.25) is 0 Å². The van der Waals surface area contributed by atoms with Crippen LogP contribution in [0.15, 0.2) is 0 Å². The molecule has 5 nitrogen and oxygen atoms in total. The summed E-state index contributed by atoms with van der Waals surface area (Å²) in [6.45, 7) is 6.16. The van der Waals surface area contributed by atoms with E-state index in [4.69, 9.17) is 18.9 Å². The van der Waals surface area contributed by atoms with E-state index in [9.17, 15) is 4.79 Å². The summed E-state index contributed by atoms with van der Waals surface area (Å²) >= 11 is 5.30. The number of thioether (sulfide) groups is 1. The average Bonchev–Trinajstić information content (AvgIpc) is 2.39. The maximum absolute atomic E-state index is 10.6. The molecule has 0 atom stereocenters. The van der Waals surface area contributed by atoms with Crippen molar-refractivity contribution in [1.82, 2.24) is 0 Å². The molecular weight excluding hydrogens is 288 g/mol. The molecule has 7 heteroatoms. The molecule has 0 aliphatic carbocycles. The standard InChI is InChI=1S/C12H24O5S2/c1-12(13)19-11-9-17-7-5-15-3-2-14-4-6-16-8-10-18/h18H,2-11H2,1H3. The summed E-state index contributed by atoms with van der Waals surface area (Å²) in [5.41, 5.74) is 0. The highest BCUT2D eigenvalue weighted by molar-refractivity contribution is 8.13. The lowest BCUT2D eigenvalue weighted by atomic mass is 10.7. The fraction of sp³-hybridized carbons (Fsp3) is 0.917. The summed E-state index contributed by atoms with van der Waals surface area (Å²) in [7, 11) is 0. The van der Waals surface area contributed by atoms with Crippen LogP contribution in [0.3, 0.4) is 0 Å². The third-order valence-electron chi connectivity index (χ3n) is 1.88. The van der Waals surface area contributed by atoms with Crippen molar-refractivity contribution in [3.63, 3.8) is 0 Å². The van der Waals surface area contributed by atoms with Gasteiger partial charge in [-0.25, -0.2) is 0 Å². The third-order valence-corrected chi connectivity index (χ3v) is 2.84. The van der Waals surface area contributed by atoms with Gasteiger partial charge in [-0.05, 0) is 0 Å². The molecule has 0 aliphatic rings. The highest BCUT2D eigenvalue weighted by Crippen LogP contribution is 1.99. The third kappa shape index (κ3) is 18.2. The van der Waals surface area contributed by atoms with Crippen molar-refractivity contribution in [3.05, 3.63) is 0 Å². The lowest BCUT2D eigenvalue weighted by molar-refractivity contribution is -0.109. The number of hydrogen-bond donors (Lipinski definition) is 1. The van der Waals surface area contributed by atoms with Gasteiger partial charge in [0.05, 0.1) is 52.9 Å². The fourth-order valence-corrected chi connectivity index (χ4v) is 1.69. The van der Waals surface area contributed by atoms with Crippen molar-refractivity contribution in [2.45, 2.75) is 6.92 Å². The molecule has 0 aromatic carbocycles. The van der Waals surface area contributed by atoms with Gasteiger partial charge in [0.25, 0.3) is 0 Å². The molecule has 0 heterocycles. The molecule has 0 saturated carbocycles. The Kier molecular flexibility index (Phi) is 16.4. The first-order valence-corrected chi connectivity index (χ1v) is 7.94. The Morgan fingerprint density at radius 1 is 0.842 bits per heavy atom. The first-order valence-electron chi connectivity index (χ1n) is 6.32. The van der Waals surface area contributed by atoms with Crippen LogP contribution >= 0.6 is 24.4 Å². The monoisotopic (exact) mass is 312 g/mol. The summed E-state index contributed by atoms with van der Waals surface area (Å²) in [5.74, 6) is 1.43. The lowest BCUT2D eigenvalue weighted by Gasteiger charge is -2.06. The first kappa shape index (κ1) is 19.2. The van der Waals surface area contributed by atoms with Gasteiger partial charge >= 0.3 is 0 Å². The summed E-state index contributed by atoms with van der Waals surface area (Å²) < 4.78 is 21.1. The summed E-state index contributed by atoms with van der Waals surface area (Å²) in [6, 6.07) is 0. The van der Waals surface area contributed by atoms with Crippen molar-refractivity contribution < 1.29 is 23.7 Å². The Labute approximate surface area is 125 Å². The second-order valence-corrected chi connectivity index (χ2v) is 5.23. The van der Waals surface area contributed by atoms with E-state index < -0.39 is 0 Å². The summed E-state index contributed by atoms with van der Waals surface area (Å²) in [6.07, 6.45) is 0. The van der Waals surface area contributed by atoms with E-state index in [0.29, 0.717) is 58.6 Å². The maximum Gasteiger partial charge on any atom is 0.185 e. The normalized spacial score (nSPS) is 10.8. The zero-order valence-corrected chi connectivity index (χ0v) is 13.2. The van der Waals surface area contributed by atoms with Crippen LogP contribution in [0.5, 0.6) is 0 Å². The van der Waals surface area contributed by atoms with E-state index in [1.54, 1.807) is 6.92 Å². The summed E-state index contributed by atoms with van der Waals surface area (Å²) in [5, 5.41) is 0.121. The molecule has 0 N–H and O–H groups in total. The number of carbonyl (C=O) groups excluding carboxylic acids is 1. The molecule has 0 saturated heterocycles. The predicted octanol–water partition coefficient (Wildman–Crippen LogP) is 1.26. The van der Waals surface area contributed by atoms with Gasteiger partial charge < -0.3 is 18.9 Å². The zero-order chi connectivity index (χ0) is 14.2. The average molecular weight is 312 g/mol. The van der Waals surface area contributed by atoms with Gasteiger partial charge in [-0.3, -0.25) is 4.79 Å². The van der Waals surface area contributed by atoms with Crippen LogP contribution in [0, 0.1) is 0 Å². The highest BCUT2D eigenvalue weighted by Gasteiger charge is 1.95. The topological polar surface area (TPSA) is 54.0 Å². The van der Waals surface area contributed by atoms with Crippen molar-refractivity contribution in [1.29, 1.82) is 0 Å². The molecule has 114 valence electrons. The zero-order valence-electron chi connectivity index (χ0n) is 11.5. The number of rotatable bonds is 14. The molecule has 0 spiro atoms. The summed E-state index contributed by atoms with van der Waals surface area (Å²) in [4.78, 5) is 10.6. The number of ether oxygens (including phenoxy) is 4. The van der Waals surface area contributed by atoms with E-state index in [0.717, 1.165) is 5.75 Å². The van der Waals surface area contributed by atoms with Crippen LogP contribution in [-0.4, -0.2) is 69.5 Å². The Bertz CT molecular complexity index is 205. The SMILES string of the molecule is CC(=O)SCCOCCOCCOCCOCCS. The van der Waals surface area contributed by atoms with Crippen molar-refractivity contribution >= 4 is 29.5 Å². The molecule has 0 amide bonds. The van der Waals surface area contributed by atoms with Crippen LogP contribution in [0.4, 0.5) is 0 Å². The van der Waals surface area contributed by atoms with Crippen molar-refractivity contribution in [2.75, 3.05) is 64.4 Å². The second-order valence-electron chi connectivity index (χ2n) is 3.51. The van der Waals surface area contributed by atoms with Crippen LogP contribution in [0.1, 0.15) is 6.92 Å². The van der Waals surface area contributed by atoms with Crippen LogP contribution in [-0.2, 0) is 23.7 Å². The van der Waals surface area contributed by atoms with E-state index in [1.165, 1.54) is 11.8 Å². The molecule has 0 fully saturated rings. The Hall–Kier alpha value is 0.210. The smallest absolute Gasteiger partial charge is 0.185 e. The highest BCUT2D eigenvalue weighted by atomic mass is 32.2. The number of thiol groups is 1. The molecule has 0 bridgehead atoms. The van der Waals surface area contributed by atoms with E-state index in [1.807, 2.05) is 0 Å². The number of hydrogen-bond acceptors (Lipinski definition) is 7. The molecule has 0 unspecified atom stereocenters. The van der Waals surface area contributed by atoms with Gasteiger partial charge in [0.1, 0.15) is 0 Å². The number of carbonyl (C=O) groups is 1. The van der Waals surface area contributed by atoms with Crippen molar-refractivity contribution in [2.24, 2.45) is 0 Å². The molecular formula is C12H24O5S2. The van der Waals surface area contributed by atoms with E-state index in [2.05, 4.69) is 12.6 Å².